The molecule has 0 atom stereocenters. The summed E-state index contributed by atoms with van der Waals surface area (Å²) in [5.74, 6) is 0.0757. The van der Waals surface area contributed by atoms with E-state index in [1.165, 1.54) is 6.07 Å². The van der Waals surface area contributed by atoms with E-state index in [-0.39, 0.29) is 5.82 Å². The minimum atomic E-state index is -0.243. The van der Waals surface area contributed by atoms with Gasteiger partial charge in [-0.2, -0.15) is 5.26 Å². The van der Waals surface area contributed by atoms with Gasteiger partial charge in [0.05, 0.1) is 18.2 Å². The molecule has 1 aliphatic rings. The van der Waals surface area contributed by atoms with Crippen LogP contribution in [0.5, 0.6) is 0 Å². The minimum Gasteiger partial charge on any atom is -0.365 e. The number of rotatable bonds is 5. The molecule has 17 heavy (non-hydrogen) atoms. The largest absolute Gasteiger partial charge is 0.365 e. The zero-order valence-corrected chi connectivity index (χ0v) is 10.3. The normalized spacial score (nSPS) is 14.4. The molecular formula is C13H14ClFN2. The van der Waals surface area contributed by atoms with Gasteiger partial charge in [-0.3, -0.25) is 0 Å². The minimum absolute atomic E-state index is 0.243. The third-order valence-electron chi connectivity index (χ3n) is 2.93. The van der Waals surface area contributed by atoms with Crippen molar-refractivity contribution in [2.75, 3.05) is 11.4 Å². The van der Waals surface area contributed by atoms with Gasteiger partial charge in [-0.25, -0.2) is 4.39 Å². The third kappa shape index (κ3) is 2.89. The maximum absolute atomic E-state index is 13.9. The summed E-state index contributed by atoms with van der Waals surface area (Å²) in [6.07, 6.45) is 2.59. The zero-order valence-electron chi connectivity index (χ0n) is 9.50. The number of benzene rings is 1. The van der Waals surface area contributed by atoms with E-state index in [4.69, 9.17) is 16.9 Å². The van der Waals surface area contributed by atoms with Gasteiger partial charge >= 0.3 is 0 Å². The molecule has 1 fully saturated rings. The van der Waals surface area contributed by atoms with Crippen LogP contribution in [0.2, 0.25) is 0 Å². The fraction of sp³-hybridized carbons (Fsp3) is 0.462. The number of hydrogen-bond donors (Lipinski definition) is 0. The van der Waals surface area contributed by atoms with E-state index in [1.807, 2.05) is 11.0 Å². The first-order valence-electron chi connectivity index (χ1n) is 5.74. The molecule has 0 spiro atoms. The maximum Gasteiger partial charge on any atom is 0.146 e. The van der Waals surface area contributed by atoms with Crippen molar-refractivity contribution >= 4 is 17.3 Å². The van der Waals surface area contributed by atoms with Crippen molar-refractivity contribution in [3.8, 4) is 6.07 Å². The van der Waals surface area contributed by atoms with Crippen molar-refractivity contribution in [1.82, 2.24) is 0 Å². The Labute approximate surface area is 106 Å². The van der Waals surface area contributed by atoms with E-state index in [0.29, 0.717) is 30.6 Å². The molecule has 1 saturated carbocycles. The highest BCUT2D eigenvalue weighted by Crippen LogP contribution is 2.33. The summed E-state index contributed by atoms with van der Waals surface area (Å²) in [5.41, 5.74) is 1.38. The number of nitrogens with zero attached hydrogens (tertiary/aromatic N) is 2. The number of nitriles is 1. The van der Waals surface area contributed by atoms with E-state index < -0.39 is 0 Å². The number of alkyl halides is 1. The Morgan fingerprint density at radius 2 is 2.24 bits per heavy atom. The van der Waals surface area contributed by atoms with Gasteiger partial charge in [0.1, 0.15) is 5.82 Å². The van der Waals surface area contributed by atoms with E-state index in [2.05, 4.69) is 6.07 Å². The number of anilines is 1. The summed E-state index contributed by atoms with van der Waals surface area (Å²) >= 11 is 5.67. The molecule has 2 nitrogen and oxygen atoms in total. The zero-order chi connectivity index (χ0) is 12.3. The van der Waals surface area contributed by atoms with Crippen molar-refractivity contribution in [3.63, 3.8) is 0 Å². The van der Waals surface area contributed by atoms with Gasteiger partial charge in [0, 0.05) is 18.5 Å². The van der Waals surface area contributed by atoms with Crippen molar-refractivity contribution in [1.29, 1.82) is 5.26 Å². The average molecular weight is 253 g/mol. The van der Waals surface area contributed by atoms with Crippen LogP contribution >= 0.6 is 11.6 Å². The summed E-state index contributed by atoms with van der Waals surface area (Å²) in [7, 11) is 0. The van der Waals surface area contributed by atoms with Crippen LogP contribution in [-0.4, -0.2) is 12.6 Å². The van der Waals surface area contributed by atoms with Gasteiger partial charge in [-0.05, 0) is 30.5 Å². The molecule has 0 N–H and O–H groups in total. The molecule has 0 saturated heterocycles. The molecule has 1 aliphatic carbocycles. The Bertz CT molecular complexity index is 438. The topological polar surface area (TPSA) is 27.0 Å². The van der Waals surface area contributed by atoms with E-state index >= 15 is 0 Å². The Hall–Kier alpha value is -1.27. The molecule has 0 radical (unpaired) electrons. The van der Waals surface area contributed by atoms with E-state index in [9.17, 15) is 4.39 Å². The predicted molar refractivity (Wildman–Crippen MR) is 66.6 cm³/mol. The van der Waals surface area contributed by atoms with Crippen LogP contribution in [0.1, 0.15) is 24.8 Å². The lowest BCUT2D eigenvalue weighted by molar-refractivity contribution is 0.614. The molecule has 0 heterocycles. The number of hydrogen-bond acceptors (Lipinski definition) is 2. The second-order valence-corrected chi connectivity index (χ2v) is 4.52. The second-order valence-electron chi connectivity index (χ2n) is 4.25. The van der Waals surface area contributed by atoms with Gasteiger partial charge in [0.2, 0.25) is 0 Å². The van der Waals surface area contributed by atoms with Crippen LogP contribution in [0.15, 0.2) is 18.2 Å². The van der Waals surface area contributed by atoms with Crippen LogP contribution in [-0.2, 0) is 5.88 Å². The van der Waals surface area contributed by atoms with Crippen LogP contribution < -0.4 is 4.90 Å². The molecule has 0 unspecified atom stereocenters. The van der Waals surface area contributed by atoms with Crippen LogP contribution in [0.4, 0.5) is 10.1 Å². The van der Waals surface area contributed by atoms with Gasteiger partial charge in [0.15, 0.2) is 0 Å². The van der Waals surface area contributed by atoms with Crippen molar-refractivity contribution in [2.24, 2.45) is 0 Å². The lowest BCUT2D eigenvalue weighted by Crippen LogP contribution is -2.27. The molecule has 90 valence electrons. The van der Waals surface area contributed by atoms with Gasteiger partial charge in [-0.1, -0.05) is 6.07 Å². The predicted octanol–water partition coefficient (Wildman–Crippen LogP) is 3.45. The quantitative estimate of drug-likeness (QED) is 0.751. The highest BCUT2D eigenvalue weighted by molar-refractivity contribution is 6.17. The van der Waals surface area contributed by atoms with Gasteiger partial charge < -0.3 is 4.90 Å². The molecular weight excluding hydrogens is 239 g/mol. The lowest BCUT2D eigenvalue weighted by Gasteiger charge is -2.24. The smallest absolute Gasteiger partial charge is 0.146 e. The average Bonchev–Trinajstić information content (AvgIpc) is 3.15. The van der Waals surface area contributed by atoms with Crippen LogP contribution in [0.25, 0.3) is 0 Å². The van der Waals surface area contributed by atoms with Crippen LogP contribution in [0, 0.1) is 17.1 Å². The Morgan fingerprint density at radius 3 is 2.76 bits per heavy atom. The lowest BCUT2D eigenvalue weighted by atomic mass is 10.2. The summed E-state index contributed by atoms with van der Waals surface area (Å²) in [5, 5.41) is 8.63. The second kappa shape index (κ2) is 5.37. The summed E-state index contributed by atoms with van der Waals surface area (Å²) in [6, 6.07) is 7.59. The van der Waals surface area contributed by atoms with Crippen molar-refractivity contribution in [3.05, 3.63) is 29.6 Å². The first-order valence-corrected chi connectivity index (χ1v) is 6.27. The highest BCUT2D eigenvalue weighted by Gasteiger charge is 2.30. The SMILES string of the molecule is N#CCCN(c1ccc(CCl)cc1F)C1CC1. The molecule has 1 aromatic carbocycles. The van der Waals surface area contributed by atoms with Gasteiger partial charge in [0.25, 0.3) is 0 Å². The van der Waals surface area contributed by atoms with Crippen molar-refractivity contribution in [2.45, 2.75) is 31.2 Å². The highest BCUT2D eigenvalue weighted by atomic mass is 35.5. The van der Waals surface area contributed by atoms with Crippen molar-refractivity contribution < 1.29 is 4.39 Å². The monoisotopic (exact) mass is 252 g/mol. The molecule has 0 bridgehead atoms. The Balaban J connectivity index is 2.20. The molecule has 2 rings (SSSR count). The van der Waals surface area contributed by atoms with E-state index in [1.54, 1.807) is 6.07 Å². The third-order valence-corrected chi connectivity index (χ3v) is 3.24. The first-order chi connectivity index (χ1) is 8.26. The first kappa shape index (κ1) is 12.2. The fourth-order valence-electron chi connectivity index (χ4n) is 1.92. The molecule has 0 amide bonds. The van der Waals surface area contributed by atoms with E-state index in [0.717, 1.165) is 18.4 Å². The number of halogens is 2. The Morgan fingerprint density at radius 1 is 1.47 bits per heavy atom. The molecule has 0 aromatic heterocycles. The summed E-state index contributed by atoms with van der Waals surface area (Å²) in [6.45, 7) is 0.596. The molecule has 4 heteroatoms. The van der Waals surface area contributed by atoms with Crippen LogP contribution in [0.3, 0.4) is 0 Å². The summed E-state index contributed by atoms with van der Waals surface area (Å²) in [4.78, 5) is 2.00. The molecule has 1 aromatic rings. The molecule has 0 aliphatic heterocycles. The fourth-order valence-corrected chi connectivity index (χ4v) is 2.09. The Kier molecular flexibility index (Phi) is 3.86. The standard InChI is InChI=1S/C13H14ClFN2/c14-9-10-2-5-13(12(15)8-10)17(7-1-6-16)11-3-4-11/h2,5,8,11H,1,3-4,7,9H2. The maximum atomic E-state index is 13.9. The summed E-state index contributed by atoms with van der Waals surface area (Å²) < 4.78 is 13.9. The van der Waals surface area contributed by atoms with Gasteiger partial charge in [-0.15, -0.1) is 11.6 Å².